The van der Waals surface area contributed by atoms with Gasteiger partial charge in [-0.05, 0) is 37.7 Å². The van der Waals surface area contributed by atoms with E-state index < -0.39 is 0 Å². The first-order chi connectivity index (χ1) is 15.6. The van der Waals surface area contributed by atoms with Crippen molar-refractivity contribution < 1.29 is 9.26 Å². The maximum Gasteiger partial charge on any atom is 0.191 e. The Kier molecular flexibility index (Phi) is 12.8. The second-order valence-corrected chi connectivity index (χ2v) is 8.68. The van der Waals surface area contributed by atoms with Crippen LogP contribution in [0.25, 0.3) is 0 Å². The summed E-state index contributed by atoms with van der Waals surface area (Å²) >= 11 is 0. The normalized spacial score (nSPS) is 15.5. The molecule has 1 aliphatic heterocycles. The number of halogens is 1. The largest absolute Gasteiger partial charge is 0.378 e. The van der Waals surface area contributed by atoms with Crippen LogP contribution in [-0.4, -0.2) is 54.9 Å². The Morgan fingerprint density at radius 2 is 1.97 bits per heavy atom. The van der Waals surface area contributed by atoms with Crippen molar-refractivity contribution in [2.75, 3.05) is 32.8 Å². The summed E-state index contributed by atoms with van der Waals surface area (Å²) in [6, 6.07) is 12.7. The average Bonchev–Trinajstić information content (AvgIpc) is 3.28. The van der Waals surface area contributed by atoms with Crippen molar-refractivity contribution in [3.63, 3.8) is 0 Å². The summed E-state index contributed by atoms with van der Waals surface area (Å²) in [6.45, 7) is 12.4. The van der Waals surface area contributed by atoms with Gasteiger partial charge in [-0.3, -0.25) is 4.90 Å². The van der Waals surface area contributed by atoms with Crippen LogP contribution in [-0.2, 0) is 17.8 Å². The number of aromatic nitrogens is 1. The standard InChI is InChI=1S/C25H39N5O2.HI/c1-4-26-25(28-18-23-17-24(20(2)3)29-32-23)27-13-8-16-31-22-11-14-30(15-12-22)19-21-9-6-5-7-10-21;/h5-7,9-10,17,20,22H,4,8,11-16,18-19H2,1-3H3,(H2,26,27,28);1H. The number of ether oxygens (including phenoxy) is 1. The summed E-state index contributed by atoms with van der Waals surface area (Å²) < 4.78 is 11.5. The number of piperidine rings is 1. The first-order valence-electron chi connectivity index (χ1n) is 12.0. The Hall–Kier alpha value is -1.65. The zero-order valence-electron chi connectivity index (χ0n) is 20.3. The molecule has 1 aliphatic rings. The second kappa shape index (κ2) is 15.3. The van der Waals surface area contributed by atoms with Crippen LogP contribution in [0.3, 0.4) is 0 Å². The van der Waals surface area contributed by atoms with Gasteiger partial charge in [0.25, 0.3) is 0 Å². The van der Waals surface area contributed by atoms with Gasteiger partial charge in [0.1, 0.15) is 6.54 Å². The van der Waals surface area contributed by atoms with Crippen molar-refractivity contribution in [3.05, 3.63) is 53.4 Å². The van der Waals surface area contributed by atoms with Crippen LogP contribution in [0.2, 0.25) is 0 Å². The number of hydrogen-bond donors (Lipinski definition) is 2. The number of likely N-dealkylation sites (tertiary alicyclic amines) is 1. The Bertz CT molecular complexity index is 804. The fraction of sp³-hybridized carbons (Fsp3) is 0.600. The highest BCUT2D eigenvalue weighted by atomic mass is 127. The molecule has 0 amide bonds. The zero-order chi connectivity index (χ0) is 22.6. The summed E-state index contributed by atoms with van der Waals surface area (Å²) in [5.74, 6) is 1.94. The first kappa shape index (κ1) is 27.6. The number of rotatable bonds is 11. The Morgan fingerprint density at radius 3 is 2.64 bits per heavy atom. The molecule has 0 unspecified atom stereocenters. The second-order valence-electron chi connectivity index (χ2n) is 8.68. The summed E-state index contributed by atoms with van der Waals surface area (Å²) in [5.41, 5.74) is 2.36. The van der Waals surface area contributed by atoms with Crippen LogP contribution in [0.4, 0.5) is 0 Å². The van der Waals surface area contributed by atoms with Crippen LogP contribution < -0.4 is 10.6 Å². The molecule has 0 atom stereocenters. The molecule has 1 aromatic carbocycles. The molecule has 0 spiro atoms. The van der Waals surface area contributed by atoms with E-state index in [9.17, 15) is 0 Å². The molecule has 0 aliphatic carbocycles. The fourth-order valence-electron chi connectivity index (χ4n) is 3.78. The van der Waals surface area contributed by atoms with Gasteiger partial charge in [-0.15, -0.1) is 24.0 Å². The minimum Gasteiger partial charge on any atom is -0.378 e. The number of hydrogen-bond acceptors (Lipinski definition) is 5. The van der Waals surface area contributed by atoms with Gasteiger partial charge in [0.15, 0.2) is 11.7 Å². The van der Waals surface area contributed by atoms with Crippen molar-refractivity contribution in [3.8, 4) is 0 Å². The fourth-order valence-corrected chi connectivity index (χ4v) is 3.78. The highest BCUT2D eigenvalue weighted by molar-refractivity contribution is 14.0. The van der Waals surface area contributed by atoms with Crippen LogP contribution >= 0.6 is 24.0 Å². The third kappa shape index (κ3) is 10.0. The number of nitrogens with zero attached hydrogens (tertiary/aromatic N) is 3. The topological polar surface area (TPSA) is 74.9 Å². The highest BCUT2D eigenvalue weighted by Crippen LogP contribution is 2.16. The third-order valence-electron chi connectivity index (χ3n) is 5.66. The number of nitrogens with one attached hydrogen (secondary N) is 2. The lowest BCUT2D eigenvalue weighted by atomic mass is 10.1. The predicted octanol–water partition coefficient (Wildman–Crippen LogP) is 4.54. The molecule has 2 N–H and O–H groups in total. The van der Waals surface area contributed by atoms with Gasteiger partial charge in [0.05, 0.1) is 11.8 Å². The van der Waals surface area contributed by atoms with Gasteiger partial charge >= 0.3 is 0 Å². The zero-order valence-corrected chi connectivity index (χ0v) is 22.6. The SMILES string of the molecule is CCNC(=NCc1cc(C(C)C)no1)NCCCOC1CCN(Cc2ccccc2)CC1.I. The van der Waals surface area contributed by atoms with Crippen molar-refractivity contribution >= 4 is 29.9 Å². The Labute approximate surface area is 215 Å². The molecule has 0 bridgehead atoms. The highest BCUT2D eigenvalue weighted by Gasteiger charge is 2.19. The van der Waals surface area contributed by atoms with Crippen molar-refractivity contribution in [1.29, 1.82) is 0 Å². The molecule has 1 aromatic heterocycles. The molecule has 2 aromatic rings. The quantitative estimate of drug-likeness (QED) is 0.179. The lowest BCUT2D eigenvalue weighted by Gasteiger charge is -2.32. The van der Waals surface area contributed by atoms with E-state index in [2.05, 4.69) is 76.8 Å². The van der Waals surface area contributed by atoms with Crippen LogP contribution in [0.5, 0.6) is 0 Å². The first-order valence-corrected chi connectivity index (χ1v) is 12.0. The van der Waals surface area contributed by atoms with Gasteiger partial charge < -0.3 is 19.9 Å². The lowest BCUT2D eigenvalue weighted by Crippen LogP contribution is -2.38. The third-order valence-corrected chi connectivity index (χ3v) is 5.66. The summed E-state index contributed by atoms with van der Waals surface area (Å²) in [6.07, 6.45) is 3.55. The maximum absolute atomic E-state index is 6.13. The number of guanidine groups is 1. The molecule has 0 radical (unpaired) electrons. The van der Waals surface area contributed by atoms with Crippen molar-refractivity contribution in [2.24, 2.45) is 4.99 Å². The van der Waals surface area contributed by atoms with Gasteiger partial charge in [0, 0.05) is 45.4 Å². The Morgan fingerprint density at radius 1 is 1.21 bits per heavy atom. The molecule has 8 heteroatoms. The number of benzene rings is 1. The minimum atomic E-state index is 0. The molecular formula is C25H40IN5O2. The smallest absolute Gasteiger partial charge is 0.191 e. The van der Waals surface area contributed by atoms with E-state index in [-0.39, 0.29) is 24.0 Å². The van der Waals surface area contributed by atoms with E-state index in [4.69, 9.17) is 9.26 Å². The molecule has 0 saturated carbocycles. The van der Waals surface area contributed by atoms with Gasteiger partial charge in [-0.2, -0.15) is 0 Å². The van der Waals surface area contributed by atoms with E-state index >= 15 is 0 Å². The molecule has 1 fully saturated rings. The number of aliphatic imine (C=N–C) groups is 1. The molecule has 3 rings (SSSR count). The van der Waals surface area contributed by atoms with Crippen molar-refractivity contribution in [1.82, 2.24) is 20.7 Å². The van der Waals surface area contributed by atoms with E-state index in [0.717, 1.165) is 76.0 Å². The van der Waals surface area contributed by atoms with E-state index in [0.29, 0.717) is 18.6 Å². The van der Waals surface area contributed by atoms with Crippen LogP contribution in [0, 0.1) is 0 Å². The monoisotopic (exact) mass is 569 g/mol. The molecule has 33 heavy (non-hydrogen) atoms. The molecule has 7 nitrogen and oxygen atoms in total. The minimum absolute atomic E-state index is 0. The van der Waals surface area contributed by atoms with Crippen LogP contribution in [0.1, 0.15) is 63.0 Å². The molecule has 1 saturated heterocycles. The van der Waals surface area contributed by atoms with E-state index in [1.807, 2.05) is 6.07 Å². The molecule has 2 heterocycles. The van der Waals surface area contributed by atoms with Crippen LogP contribution in [0.15, 0.2) is 45.9 Å². The lowest BCUT2D eigenvalue weighted by molar-refractivity contribution is 0.00534. The maximum atomic E-state index is 6.13. The van der Waals surface area contributed by atoms with Gasteiger partial charge in [-0.1, -0.05) is 49.3 Å². The van der Waals surface area contributed by atoms with E-state index in [1.165, 1.54) is 5.56 Å². The van der Waals surface area contributed by atoms with Gasteiger partial charge in [0.2, 0.25) is 0 Å². The average molecular weight is 570 g/mol. The van der Waals surface area contributed by atoms with Gasteiger partial charge in [-0.25, -0.2) is 4.99 Å². The predicted molar refractivity (Wildman–Crippen MR) is 144 cm³/mol. The summed E-state index contributed by atoms with van der Waals surface area (Å²) in [5, 5.41) is 10.8. The van der Waals surface area contributed by atoms with E-state index in [1.54, 1.807) is 0 Å². The molecule has 184 valence electrons. The molecular weight excluding hydrogens is 529 g/mol. The summed E-state index contributed by atoms with van der Waals surface area (Å²) in [7, 11) is 0. The van der Waals surface area contributed by atoms with Crippen molar-refractivity contribution in [2.45, 2.75) is 65.1 Å². The Balaban J connectivity index is 0.00000385. The summed E-state index contributed by atoms with van der Waals surface area (Å²) in [4.78, 5) is 7.12.